The Morgan fingerprint density at radius 2 is 1.88 bits per heavy atom. The van der Waals surface area contributed by atoms with Crippen LogP contribution in [0.3, 0.4) is 0 Å². The Bertz CT molecular complexity index is 950. The van der Waals surface area contributed by atoms with Gasteiger partial charge in [0.2, 0.25) is 0 Å². The average Bonchev–Trinajstić information content (AvgIpc) is 2.63. The van der Waals surface area contributed by atoms with Gasteiger partial charge in [-0.15, -0.1) is 10.2 Å². The Labute approximate surface area is 143 Å². The van der Waals surface area contributed by atoms with Crippen molar-refractivity contribution < 1.29 is 9.18 Å². The largest absolute Gasteiger partial charge is 0.338 e. The SMILES string of the molecule is N#Cc1ccccc1Nc1ccc(C(=O)Nc2cccc(F)c2)nn1. The molecule has 7 heteroatoms. The smallest absolute Gasteiger partial charge is 0.276 e. The molecule has 0 fully saturated rings. The second-order valence-corrected chi connectivity index (χ2v) is 5.05. The van der Waals surface area contributed by atoms with Crippen LogP contribution in [0, 0.1) is 17.1 Å². The molecule has 2 aromatic carbocycles. The Morgan fingerprint density at radius 3 is 2.60 bits per heavy atom. The molecule has 1 amide bonds. The van der Waals surface area contributed by atoms with E-state index in [1.54, 1.807) is 36.4 Å². The van der Waals surface area contributed by atoms with Crippen LogP contribution in [0.4, 0.5) is 21.6 Å². The number of nitriles is 1. The van der Waals surface area contributed by atoms with Gasteiger partial charge in [0.25, 0.3) is 5.91 Å². The van der Waals surface area contributed by atoms with Gasteiger partial charge in [-0.1, -0.05) is 18.2 Å². The first-order valence-electron chi connectivity index (χ1n) is 7.32. The molecule has 1 aromatic heterocycles. The third-order valence-corrected chi connectivity index (χ3v) is 3.29. The van der Waals surface area contributed by atoms with E-state index in [0.29, 0.717) is 22.8 Å². The molecule has 0 unspecified atom stereocenters. The van der Waals surface area contributed by atoms with Gasteiger partial charge in [0.05, 0.1) is 11.3 Å². The highest BCUT2D eigenvalue weighted by atomic mass is 19.1. The number of hydrogen-bond acceptors (Lipinski definition) is 5. The molecule has 0 aliphatic carbocycles. The first-order valence-corrected chi connectivity index (χ1v) is 7.32. The monoisotopic (exact) mass is 333 g/mol. The zero-order chi connectivity index (χ0) is 17.6. The molecule has 3 aromatic rings. The predicted octanol–water partition coefficient (Wildman–Crippen LogP) is 3.48. The van der Waals surface area contributed by atoms with E-state index in [9.17, 15) is 9.18 Å². The van der Waals surface area contributed by atoms with Crippen LogP contribution in [-0.2, 0) is 0 Å². The molecule has 1 heterocycles. The molecular weight excluding hydrogens is 321 g/mol. The Morgan fingerprint density at radius 1 is 1.04 bits per heavy atom. The third kappa shape index (κ3) is 3.95. The van der Waals surface area contributed by atoms with E-state index in [2.05, 4.69) is 26.9 Å². The number of benzene rings is 2. The molecule has 0 bridgehead atoms. The fraction of sp³-hybridized carbons (Fsp3) is 0. The Kier molecular flexibility index (Phi) is 4.62. The van der Waals surface area contributed by atoms with Gasteiger partial charge in [0.1, 0.15) is 11.9 Å². The summed E-state index contributed by atoms with van der Waals surface area (Å²) in [7, 11) is 0. The summed E-state index contributed by atoms with van der Waals surface area (Å²) in [5.41, 5.74) is 1.48. The van der Waals surface area contributed by atoms with Crippen LogP contribution in [0.2, 0.25) is 0 Å². The van der Waals surface area contributed by atoms with Crippen molar-refractivity contribution >= 4 is 23.1 Å². The molecule has 0 radical (unpaired) electrons. The molecule has 0 spiro atoms. The van der Waals surface area contributed by atoms with Crippen molar-refractivity contribution in [2.24, 2.45) is 0 Å². The van der Waals surface area contributed by atoms with Crippen LogP contribution in [0.15, 0.2) is 60.7 Å². The summed E-state index contributed by atoms with van der Waals surface area (Å²) in [5.74, 6) is -0.549. The summed E-state index contributed by atoms with van der Waals surface area (Å²) in [6.07, 6.45) is 0. The fourth-order valence-corrected chi connectivity index (χ4v) is 2.11. The third-order valence-electron chi connectivity index (χ3n) is 3.29. The molecule has 25 heavy (non-hydrogen) atoms. The summed E-state index contributed by atoms with van der Waals surface area (Å²) in [6.45, 7) is 0. The summed E-state index contributed by atoms with van der Waals surface area (Å²) >= 11 is 0. The molecular formula is C18H12FN5O. The number of aromatic nitrogens is 2. The number of hydrogen-bond donors (Lipinski definition) is 2. The lowest BCUT2D eigenvalue weighted by Crippen LogP contribution is -2.14. The molecule has 0 atom stereocenters. The molecule has 122 valence electrons. The first kappa shape index (κ1) is 16.1. The minimum absolute atomic E-state index is 0.0865. The maximum atomic E-state index is 13.1. The van der Waals surface area contributed by atoms with E-state index in [4.69, 9.17) is 5.26 Å². The lowest BCUT2D eigenvalue weighted by molar-refractivity contribution is 0.102. The fourth-order valence-electron chi connectivity index (χ4n) is 2.11. The minimum Gasteiger partial charge on any atom is -0.338 e. The van der Waals surface area contributed by atoms with Gasteiger partial charge in [0.15, 0.2) is 11.5 Å². The number of rotatable bonds is 4. The van der Waals surface area contributed by atoms with Crippen molar-refractivity contribution in [2.75, 3.05) is 10.6 Å². The number of carbonyl (C=O) groups is 1. The van der Waals surface area contributed by atoms with Crippen LogP contribution in [-0.4, -0.2) is 16.1 Å². The van der Waals surface area contributed by atoms with E-state index in [1.807, 2.05) is 0 Å². The number of para-hydroxylation sites is 1. The maximum absolute atomic E-state index is 13.1. The minimum atomic E-state index is -0.498. The zero-order valence-corrected chi connectivity index (χ0v) is 12.9. The van der Waals surface area contributed by atoms with Gasteiger partial charge in [0, 0.05) is 5.69 Å². The molecule has 2 N–H and O–H groups in total. The van der Waals surface area contributed by atoms with Gasteiger partial charge < -0.3 is 10.6 Å². The highest BCUT2D eigenvalue weighted by Gasteiger charge is 2.10. The zero-order valence-electron chi connectivity index (χ0n) is 12.9. The number of amides is 1. The van der Waals surface area contributed by atoms with Gasteiger partial charge >= 0.3 is 0 Å². The summed E-state index contributed by atoms with van der Waals surface area (Å²) < 4.78 is 13.1. The highest BCUT2D eigenvalue weighted by Crippen LogP contribution is 2.18. The standard InChI is InChI=1S/C18H12FN5O/c19-13-5-3-6-14(10-13)21-18(25)16-8-9-17(24-23-16)22-15-7-2-1-4-12(15)11-20/h1-10H,(H,21,25)(H,22,24). The quantitative estimate of drug-likeness (QED) is 0.763. The van der Waals surface area contributed by atoms with E-state index >= 15 is 0 Å². The number of halogens is 1. The van der Waals surface area contributed by atoms with Crippen molar-refractivity contribution in [2.45, 2.75) is 0 Å². The molecule has 0 aliphatic rings. The number of carbonyl (C=O) groups excluding carboxylic acids is 1. The van der Waals surface area contributed by atoms with Crippen molar-refractivity contribution in [1.82, 2.24) is 10.2 Å². The maximum Gasteiger partial charge on any atom is 0.276 e. The normalized spacial score (nSPS) is 9.92. The van der Waals surface area contributed by atoms with Crippen molar-refractivity contribution in [1.29, 1.82) is 5.26 Å². The number of anilines is 3. The van der Waals surface area contributed by atoms with Gasteiger partial charge in [-0.3, -0.25) is 4.79 Å². The molecule has 3 rings (SSSR count). The predicted molar refractivity (Wildman–Crippen MR) is 90.8 cm³/mol. The van der Waals surface area contributed by atoms with Crippen LogP contribution >= 0.6 is 0 Å². The van der Waals surface area contributed by atoms with Crippen LogP contribution < -0.4 is 10.6 Å². The van der Waals surface area contributed by atoms with Crippen LogP contribution in [0.1, 0.15) is 16.1 Å². The van der Waals surface area contributed by atoms with Crippen LogP contribution in [0.5, 0.6) is 0 Å². The molecule has 0 aliphatic heterocycles. The van der Waals surface area contributed by atoms with Crippen molar-refractivity contribution in [3.8, 4) is 6.07 Å². The summed E-state index contributed by atoms with van der Waals surface area (Å²) in [6, 6.07) is 17.7. The molecule has 0 saturated heterocycles. The lowest BCUT2D eigenvalue weighted by Gasteiger charge is -2.07. The number of nitrogens with one attached hydrogen (secondary N) is 2. The lowest BCUT2D eigenvalue weighted by atomic mass is 10.2. The van der Waals surface area contributed by atoms with E-state index in [-0.39, 0.29) is 5.69 Å². The first-order chi connectivity index (χ1) is 12.2. The van der Waals surface area contributed by atoms with Gasteiger partial charge in [-0.2, -0.15) is 5.26 Å². The van der Waals surface area contributed by atoms with Crippen molar-refractivity contribution in [3.63, 3.8) is 0 Å². The second kappa shape index (κ2) is 7.19. The van der Waals surface area contributed by atoms with Gasteiger partial charge in [-0.25, -0.2) is 4.39 Å². The van der Waals surface area contributed by atoms with E-state index in [1.165, 1.54) is 24.3 Å². The second-order valence-electron chi connectivity index (χ2n) is 5.05. The van der Waals surface area contributed by atoms with Crippen LogP contribution in [0.25, 0.3) is 0 Å². The summed E-state index contributed by atoms with van der Waals surface area (Å²) in [5, 5.41) is 22.4. The molecule has 6 nitrogen and oxygen atoms in total. The summed E-state index contributed by atoms with van der Waals surface area (Å²) in [4.78, 5) is 12.1. The average molecular weight is 333 g/mol. The van der Waals surface area contributed by atoms with Crippen molar-refractivity contribution in [3.05, 3.63) is 77.7 Å². The van der Waals surface area contributed by atoms with Gasteiger partial charge in [-0.05, 0) is 42.5 Å². The number of nitrogens with zero attached hydrogens (tertiary/aromatic N) is 3. The topological polar surface area (TPSA) is 90.7 Å². The molecule has 0 saturated carbocycles. The van der Waals surface area contributed by atoms with E-state index < -0.39 is 11.7 Å². The highest BCUT2D eigenvalue weighted by molar-refractivity contribution is 6.02. The van der Waals surface area contributed by atoms with E-state index in [0.717, 1.165) is 0 Å². The Hall–Kier alpha value is -3.79. The Balaban J connectivity index is 1.71.